The van der Waals surface area contributed by atoms with E-state index in [4.69, 9.17) is 23.2 Å². The van der Waals surface area contributed by atoms with Gasteiger partial charge in [-0.2, -0.15) is 0 Å². The second-order valence-electron chi connectivity index (χ2n) is 5.77. The molecule has 0 unspecified atom stereocenters. The molecule has 122 valence electrons. The van der Waals surface area contributed by atoms with E-state index in [1.165, 1.54) is 16.7 Å². The number of amides is 1. The molecule has 0 aliphatic heterocycles. The molecule has 0 atom stereocenters. The van der Waals surface area contributed by atoms with E-state index in [1.807, 2.05) is 11.9 Å². The SMILES string of the molecule is Cc1ccc(CN(C)CC(=O)Nc2ccc(Cl)cc2Cl)c(C)c1. The summed E-state index contributed by atoms with van der Waals surface area (Å²) < 4.78 is 0. The summed E-state index contributed by atoms with van der Waals surface area (Å²) in [4.78, 5) is 14.1. The van der Waals surface area contributed by atoms with Gasteiger partial charge in [0.25, 0.3) is 0 Å². The van der Waals surface area contributed by atoms with Crippen molar-refractivity contribution in [3.63, 3.8) is 0 Å². The predicted molar refractivity (Wildman–Crippen MR) is 97.3 cm³/mol. The molecule has 2 aromatic rings. The fourth-order valence-corrected chi connectivity index (χ4v) is 2.85. The van der Waals surface area contributed by atoms with Crippen LogP contribution in [0.5, 0.6) is 0 Å². The second-order valence-corrected chi connectivity index (χ2v) is 6.62. The van der Waals surface area contributed by atoms with Crippen LogP contribution in [0.3, 0.4) is 0 Å². The van der Waals surface area contributed by atoms with Gasteiger partial charge in [-0.15, -0.1) is 0 Å². The molecule has 1 N–H and O–H groups in total. The van der Waals surface area contributed by atoms with Gasteiger partial charge in [0.1, 0.15) is 0 Å². The molecule has 0 aliphatic carbocycles. The van der Waals surface area contributed by atoms with E-state index in [9.17, 15) is 4.79 Å². The maximum absolute atomic E-state index is 12.1. The van der Waals surface area contributed by atoms with Crippen LogP contribution in [0.25, 0.3) is 0 Å². The third kappa shape index (κ3) is 5.24. The quantitative estimate of drug-likeness (QED) is 0.848. The van der Waals surface area contributed by atoms with Crippen molar-refractivity contribution in [1.82, 2.24) is 4.90 Å². The lowest BCUT2D eigenvalue weighted by Crippen LogP contribution is -2.30. The summed E-state index contributed by atoms with van der Waals surface area (Å²) in [5.74, 6) is -0.110. The second kappa shape index (κ2) is 7.82. The van der Waals surface area contributed by atoms with Crippen LogP contribution >= 0.6 is 23.2 Å². The summed E-state index contributed by atoms with van der Waals surface area (Å²) in [7, 11) is 1.92. The highest BCUT2D eigenvalue weighted by molar-refractivity contribution is 6.36. The first-order valence-corrected chi connectivity index (χ1v) is 8.10. The van der Waals surface area contributed by atoms with Crippen molar-refractivity contribution in [3.8, 4) is 0 Å². The van der Waals surface area contributed by atoms with Gasteiger partial charge in [-0.1, -0.05) is 47.0 Å². The van der Waals surface area contributed by atoms with Crippen molar-refractivity contribution >= 4 is 34.8 Å². The molecule has 5 heteroatoms. The first-order chi connectivity index (χ1) is 10.8. The summed E-state index contributed by atoms with van der Waals surface area (Å²) in [6.45, 7) is 5.16. The average molecular weight is 351 g/mol. The fraction of sp³-hybridized carbons (Fsp3) is 0.278. The van der Waals surface area contributed by atoms with E-state index in [-0.39, 0.29) is 12.5 Å². The van der Waals surface area contributed by atoms with Gasteiger partial charge >= 0.3 is 0 Å². The number of carbonyl (C=O) groups excluding carboxylic acids is 1. The van der Waals surface area contributed by atoms with Crippen molar-refractivity contribution in [2.24, 2.45) is 0 Å². The highest BCUT2D eigenvalue weighted by atomic mass is 35.5. The predicted octanol–water partition coefficient (Wildman–Crippen LogP) is 4.68. The standard InChI is InChI=1S/C18H20Cl2N2O/c1-12-4-5-14(13(2)8-12)10-22(3)11-18(23)21-17-7-6-15(19)9-16(17)20/h4-9H,10-11H2,1-3H3,(H,21,23). The number of hydrogen-bond donors (Lipinski definition) is 1. The molecule has 0 aliphatic rings. The monoisotopic (exact) mass is 350 g/mol. The molecule has 23 heavy (non-hydrogen) atoms. The van der Waals surface area contributed by atoms with Crippen molar-refractivity contribution in [1.29, 1.82) is 0 Å². The Balaban J connectivity index is 1.94. The van der Waals surface area contributed by atoms with Gasteiger partial charge in [0.05, 0.1) is 17.3 Å². The third-order valence-corrected chi connectivity index (χ3v) is 4.10. The molecule has 0 aromatic heterocycles. The van der Waals surface area contributed by atoms with Crippen molar-refractivity contribution in [2.75, 3.05) is 18.9 Å². The molecule has 0 saturated heterocycles. The van der Waals surface area contributed by atoms with Gasteiger partial charge in [0, 0.05) is 11.6 Å². The minimum Gasteiger partial charge on any atom is -0.324 e. The van der Waals surface area contributed by atoms with E-state index in [0.29, 0.717) is 22.3 Å². The van der Waals surface area contributed by atoms with Crippen LogP contribution in [0.4, 0.5) is 5.69 Å². The van der Waals surface area contributed by atoms with E-state index in [0.717, 1.165) is 0 Å². The average Bonchev–Trinajstić information content (AvgIpc) is 2.45. The number of rotatable bonds is 5. The number of likely N-dealkylation sites (N-methyl/N-ethyl adjacent to an activating group) is 1. The molecule has 0 heterocycles. The highest BCUT2D eigenvalue weighted by Gasteiger charge is 2.10. The lowest BCUT2D eigenvalue weighted by molar-refractivity contribution is -0.117. The third-order valence-electron chi connectivity index (χ3n) is 3.56. The molecule has 1 amide bonds. The highest BCUT2D eigenvalue weighted by Crippen LogP contribution is 2.25. The van der Waals surface area contributed by atoms with Gasteiger partial charge in [0.15, 0.2) is 0 Å². The molecule has 0 radical (unpaired) electrons. The maximum Gasteiger partial charge on any atom is 0.238 e. The number of halogens is 2. The van der Waals surface area contributed by atoms with Crippen LogP contribution in [0.15, 0.2) is 36.4 Å². The number of aryl methyl sites for hydroxylation is 2. The van der Waals surface area contributed by atoms with Crippen molar-refractivity contribution in [3.05, 3.63) is 63.1 Å². The summed E-state index contributed by atoms with van der Waals surface area (Å²) >= 11 is 11.9. The van der Waals surface area contributed by atoms with Crippen molar-refractivity contribution in [2.45, 2.75) is 20.4 Å². The molecule has 0 fully saturated rings. The molecule has 0 spiro atoms. The normalized spacial score (nSPS) is 10.9. The van der Waals surface area contributed by atoms with Gasteiger partial charge < -0.3 is 5.32 Å². The van der Waals surface area contributed by atoms with Gasteiger partial charge in [0.2, 0.25) is 5.91 Å². The lowest BCUT2D eigenvalue weighted by Gasteiger charge is -2.18. The Morgan fingerprint density at radius 1 is 1.13 bits per heavy atom. The number of nitrogens with one attached hydrogen (secondary N) is 1. The van der Waals surface area contributed by atoms with E-state index >= 15 is 0 Å². The molecule has 2 rings (SSSR count). The Bertz CT molecular complexity index is 716. The molecule has 3 nitrogen and oxygen atoms in total. The topological polar surface area (TPSA) is 32.3 Å². The van der Waals surface area contributed by atoms with Crippen LogP contribution in [0.1, 0.15) is 16.7 Å². The number of anilines is 1. The number of carbonyl (C=O) groups is 1. The fourth-order valence-electron chi connectivity index (χ4n) is 2.40. The van der Waals surface area contributed by atoms with Crippen LogP contribution in [-0.2, 0) is 11.3 Å². The Kier molecular flexibility index (Phi) is 6.05. The minimum atomic E-state index is -0.110. The molecule has 2 aromatic carbocycles. The van der Waals surface area contributed by atoms with Crippen molar-refractivity contribution < 1.29 is 4.79 Å². The zero-order valence-electron chi connectivity index (χ0n) is 13.5. The zero-order chi connectivity index (χ0) is 17.0. The first-order valence-electron chi connectivity index (χ1n) is 7.34. The summed E-state index contributed by atoms with van der Waals surface area (Å²) in [5.41, 5.74) is 4.26. The maximum atomic E-state index is 12.1. The Morgan fingerprint density at radius 3 is 2.52 bits per heavy atom. The first kappa shape index (κ1) is 17.8. The smallest absolute Gasteiger partial charge is 0.238 e. The van der Waals surface area contributed by atoms with Crippen LogP contribution < -0.4 is 5.32 Å². The van der Waals surface area contributed by atoms with Gasteiger partial charge in [-0.25, -0.2) is 0 Å². The van der Waals surface area contributed by atoms with E-state index < -0.39 is 0 Å². The lowest BCUT2D eigenvalue weighted by atomic mass is 10.1. The van der Waals surface area contributed by atoms with E-state index in [1.54, 1.807) is 18.2 Å². The molecule has 0 saturated carbocycles. The molecule has 0 bridgehead atoms. The number of benzene rings is 2. The van der Waals surface area contributed by atoms with Gasteiger partial charge in [-0.05, 0) is 50.2 Å². The molecular formula is C18H20Cl2N2O. The van der Waals surface area contributed by atoms with E-state index in [2.05, 4.69) is 37.4 Å². The largest absolute Gasteiger partial charge is 0.324 e. The molecular weight excluding hydrogens is 331 g/mol. The van der Waals surface area contributed by atoms with Gasteiger partial charge in [-0.3, -0.25) is 9.69 Å². The summed E-state index contributed by atoms with van der Waals surface area (Å²) in [5, 5.41) is 3.78. The Morgan fingerprint density at radius 2 is 1.87 bits per heavy atom. The van der Waals surface area contributed by atoms with Crippen LogP contribution in [-0.4, -0.2) is 24.4 Å². The Hall–Kier alpha value is -1.55. The summed E-state index contributed by atoms with van der Waals surface area (Å²) in [6.07, 6.45) is 0. The zero-order valence-corrected chi connectivity index (χ0v) is 15.0. The number of nitrogens with zero attached hydrogens (tertiary/aromatic N) is 1. The number of hydrogen-bond acceptors (Lipinski definition) is 2. The van der Waals surface area contributed by atoms with Crippen LogP contribution in [0.2, 0.25) is 10.0 Å². The Labute approximate surface area is 147 Å². The summed E-state index contributed by atoms with van der Waals surface area (Å²) in [6, 6.07) is 11.4. The minimum absolute atomic E-state index is 0.110. The van der Waals surface area contributed by atoms with Crippen LogP contribution in [0, 0.1) is 13.8 Å².